The van der Waals surface area contributed by atoms with E-state index in [-0.39, 0.29) is 17.2 Å². The van der Waals surface area contributed by atoms with Crippen molar-refractivity contribution in [3.63, 3.8) is 0 Å². The van der Waals surface area contributed by atoms with Gasteiger partial charge in [-0.1, -0.05) is 13.8 Å². The molecule has 2 aliphatic heterocycles. The normalized spacial score (nSPS) is 23.5. The average Bonchev–Trinajstić information content (AvgIpc) is 3.22. The van der Waals surface area contributed by atoms with E-state index in [0.29, 0.717) is 18.1 Å². The summed E-state index contributed by atoms with van der Waals surface area (Å²) < 4.78 is 5.54. The van der Waals surface area contributed by atoms with Crippen LogP contribution >= 0.6 is 11.8 Å². The number of carbonyl (C=O) groups is 2. The lowest BCUT2D eigenvalue weighted by molar-refractivity contribution is -0.146. The van der Waals surface area contributed by atoms with Gasteiger partial charge in [0.1, 0.15) is 17.2 Å². The molecule has 2 saturated heterocycles. The predicted octanol–water partition coefficient (Wildman–Crippen LogP) is 2.04. The molecule has 2 fully saturated rings. The average molecular weight is 365 g/mol. The van der Waals surface area contributed by atoms with Gasteiger partial charge in [-0.15, -0.1) is 11.8 Å². The van der Waals surface area contributed by atoms with Crippen LogP contribution in [0.4, 0.5) is 0 Å². The SMILES string of the molecule is CC(C)CC(C(=O)N1CCN(C)CC1)N1C(=O)CSC1c1ccco1. The Morgan fingerprint density at radius 2 is 2.04 bits per heavy atom. The quantitative estimate of drug-likeness (QED) is 0.799. The Morgan fingerprint density at radius 3 is 2.64 bits per heavy atom. The molecule has 0 aromatic carbocycles. The van der Waals surface area contributed by atoms with Crippen molar-refractivity contribution in [3.05, 3.63) is 24.2 Å². The predicted molar refractivity (Wildman–Crippen MR) is 98.1 cm³/mol. The van der Waals surface area contributed by atoms with Gasteiger partial charge in [0.2, 0.25) is 11.8 Å². The number of thioether (sulfide) groups is 1. The topological polar surface area (TPSA) is 57.0 Å². The first-order chi connectivity index (χ1) is 12.0. The van der Waals surface area contributed by atoms with Crippen LogP contribution in [0.15, 0.2) is 22.8 Å². The number of hydrogen-bond acceptors (Lipinski definition) is 5. The molecule has 0 saturated carbocycles. The second-order valence-corrected chi connectivity index (χ2v) is 8.32. The fraction of sp³-hybridized carbons (Fsp3) is 0.667. The highest BCUT2D eigenvalue weighted by molar-refractivity contribution is 8.00. The smallest absolute Gasteiger partial charge is 0.245 e. The standard InChI is InChI=1S/C18H27N3O3S/c1-13(2)11-14(17(23)20-8-6-19(3)7-9-20)21-16(22)12-25-18(21)15-5-4-10-24-15/h4-5,10,13-14,18H,6-9,11-12H2,1-3H3. The molecule has 6 nitrogen and oxygen atoms in total. The number of rotatable bonds is 5. The second kappa shape index (κ2) is 7.83. The Morgan fingerprint density at radius 1 is 1.32 bits per heavy atom. The van der Waals surface area contributed by atoms with Crippen molar-refractivity contribution in [2.24, 2.45) is 5.92 Å². The molecule has 0 bridgehead atoms. The summed E-state index contributed by atoms with van der Waals surface area (Å²) in [5.41, 5.74) is 0. The lowest BCUT2D eigenvalue weighted by Crippen LogP contribution is -2.55. The molecule has 2 aliphatic rings. The molecular formula is C18H27N3O3S. The Bertz CT molecular complexity index is 597. The van der Waals surface area contributed by atoms with E-state index in [1.54, 1.807) is 11.2 Å². The minimum Gasteiger partial charge on any atom is -0.466 e. The minimum atomic E-state index is -0.416. The van der Waals surface area contributed by atoms with Gasteiger partial charge in [0.15, 0.2) is 0 Å². The second-order valence-electron chi connectivity index (χ2n) is 7.25. The highest BCUT2D eigenvalue weighted by Gasteiger charge is 2.43. The number of amides is 2. The van der Waals surface area contributed by atoms with Crippen molar-refractivity contribution in [2.45, 2.75) is 31.7 Å². The molecule has 25 heavy (non-hydrogen) atoms. The fourth-order valence-corrected chi connectivity index (χ4v) is 4.61. The van der Waals surface area contributed by atoms with E-state index in [2.05, 4.69) is 25.8 Å². The summed E-state index contributed by atoms with van der Waals surface area (Å²) in [6.45, 7) is 7.41. The van der Waals surface area contributed by atoms with E-state index in [1.165, 1.54) is 11.8 Å². The van der Waals surface area contributed by atoms with Gasteiger partial charge in [0.05, 0.1) is 12.0 Å². The van der Waals surface area contributed by atoms with Crippen LogP contribution in [-0.2, 0) is 9.59 Å². The maximum absolute atomic E-state index is 13.3. The van der Waals surface area contributed by atoms with Gasteiger partial charge >= 0.3 is 0 Å². The van der Waals surface area contributed by atoms with Crippen molar-refractivity contribution >= 4 is 23.6 Å². The monoisotopic (exact) mass is 365 g/mol. The van der Waals surface area contributed by atoms with Gasteiger partial charge < -0.3 is 19.1 Å². The van der Waals surface area contributed by atoms with Crippen LogP contribution in [0.3, 0.4) is 0 Å². The van der Waals surface area contributed by atoms with E-state index < -0.39 is 6.04 Å². The zero-order valence-corrected chi connectivity index (χ0v) is 16.0. The summed E-state index contributed by atoms with van der Waals surface area (Å²) in [5.74, 6) is 1.58. The first-order valence-electron chi connectivity index (χ1n) is 8.91. The van der Waals surface area contributed by atoms with Crippen molar-refractivity contribution in [3.8, 4) is 0 Å². The van der Waals surface area contributed by atoms with Crippen LogP contribution < -0.4 is 0 Å². The zero-order chi connectivity index (χ0) is 18.0. The van der Waals surface area contributed by atoms with Crippen LogP contribution in [0.25, 0.3) is 0 Å². The Hall–Kier alpha value is -1.47. The van der Waals surface area contributed by atoms with Crippen molar-refractivity contribution in [1.82, 2.24) is 14.7 Å². The van der Waals surface area contributed by atoms with Crippen LogP contribution in [-0.4, -0.2) is 71.5 Å². The van der Waals surface area contributed by atoms with E-state index in [4.69, 9.17) is 4.42 Å². The van der Waals surface area contributed by atoms with Crippen LogP contribution in [0.1, 0.15) is 31.4 Å². The lowest BCUT2D eigenvalue weighted by Gasteiger charge is -2.38. The number of carbonyl (C=O) groups excluding carboxylic acids is 2. The molecule has 0 aliphatic carbocycles. The zero-order valence-electron chi connectivity index (χ0n) is 15.2. The highest BCUT2D eigenvalue weighted by atomic mass is 32.2. The van der Waals surface area contributed by atoms with Gasteiger partial charge in [0.25, 0.3) is 0 Å². The fourth-order valence-electron chi connectivity index (χ4n) is 3.44. The van der Waals surface area contributed by atoms with Gasteiger partial charge in [0, 0.05) is 26.2 Å². The Labute approximate surface area is 153 Å². The third-order valence-electron chi connectivity index (χ3n) is 4.82. The van der Waals surface area contributed by atoms with Crippen molar-refractivity contribution in [2.75, 3.05) is 39.0 Å². The van der Waals surface area contributed by atoms with Gasteiger partial charge in [-0.2, -0.15) is 0 Å². The Balaban J connectivity index is 1.83. The summed E-state index contributed by atoms with van der Waals surface area (Å²) in [5, 5.41) is -0.206. The summed E-state index contributed by atoms with van der Waals surface area (Å²) in [6.07, 6.45) is 2.30. The molecule has 0 N–H and O–H groups in total. The highest BCUT2D eigenvalue weighted by Crippen LogP contribution is 2.41. The first-order valence-corrected chi connectivity index (χ1v) is 9.95. The van der Waals surface area contributed by atoms with Crippen molar-refractivity contribution < 1.29 is 14.0 Å². The van der Waals surface area contributed by atoms with Gasteiger partial charge in [-0.05, 0) is 31.5 Å². The molecule has 1 aromatic rings. The molecule has 2 amide bonds. The molecule has 0 radical (unpaired) electrons. The van der Waals surface area contributed by atoms with E-state index in [0.717, 1.165) is 31.9 Å². The number of likely N-dealkylation sites (N-methyl/N-ethyl adjacent to an activating group) is 1. The summed E-state index contributed by atoms with van der Waals surface area (Å²) in [7, 11) is 2.07. The van der Waals surface area contributed by atoms with E-state index >= 15 is 0 Å². The molecular weight excluding hydrogens is 338 g/mol. The summed E-state index contributed by atoms with van der Waals surface area (Å²) in [6, 6.07) is 3.30. The summed E-state index contributed by atoms with van der Waals surface area (Å²) >= 11 is 1.54. The van der Waals surface area contributed by atoms with Gasteiger partial charge in [-0.3, -0.25) is 9.59 Å². The molecule has 3 heterocycles. The molecule has 7 heteroatoms. The third kappa shape index (κ3) is 4.03. The number of hydrogen-bond donors (Lipinski definition) is 0. The van der Waals surface area contributed by atoms with Crippen LogP contribution in [0.2, 0.25) is 0 Å². The molecule has 3 rings (SSSR count). The lowest BCUT2D eigenvalue weighted by atomic mass is 10.00. The first kappa shape index (κ1) is 18.3. The maximum Gasteiger partial charge on any atom is 0.245 e. The number of nitrogens with zero attached hydrogens (tertiary/aromatic N) is 3. The molecule has 2 unspecified atom stereocenters. The molecule has 1 aromatic heterocycles. The van der Waals surface area contributed by atoms with Gasteiger partial charge in [-0.25, -0.2) is 0 Å². The maximum atomic E-state index is 13.3. The van der Waals surface area contributed by atoms with E-state index in [1.807, 2.05) is 17.0 Å². The van der Waals surface area contributed by atoms with Crippen LogP contribution in [0.5, 0.6) is 0 Å². The summed E-state index contributed by atoms with van der Waals surface area (Å²) in [4.78, 5) is 31.8. The molecule has 2 atom stereocenters. The third-order valence-corrected chi connectivity index (χ3v) is 6.01. The van der Waals surface area contributed by atoms with Crippen LogP contribution in [0, 0.1) is 5.92 Å². The molecule has 138 valence electrons. The molecule has 0 spiro atoms. The Kier molecular flexibility index (Phi) is 5.74. The van der Waals surface area contributed by atoms with E-state index in [9.17, 15) is 9.59 Å². The minimum absolute atomic E-state index is 0.0273. The number of furan rings is 1. The number of piperazine rings is 1. The van der Waals surface area contributed by atoms with Crippen molar-refractivity contribution in [1.29, 1.82) is 0 Å². The largest absolute Gasteiger partial charge is 0.466 e.